The molecular weight excluding hydrogens is 436 g/mol. The van der Waals surface area contributed by atoms with Gasteiger partial charge in [-0.05, 0) is 60.7 Å². The molecule has 1 heterocycles. The zero-order valence-corrected chi connectivity index (χ0v) is 18.9. The van der Waals surface area contributed by atoms with Gasteiger partial charge in [0, 0.05) is 5.69 Å². The minimum atomic E-state index is -4.11. The lowest BCUT2D eigenvalue weighted by Gasteiger charge is -2.31. The van der Waals surface area contributed by atoms with Gasteiger partial charge in [0.15, 0.2) is 9.84 Å². The lowest BCUT2D eigenvalue weighted by atomic mass is 9.84. The average Bonchev–Trinajstić information content (AvgIpc) is 3.02. The van der Waals surface area contributed by atoms with Gasteiger partial charge >= 0.3 is 0 Å². The van der Waals surface area contributed by atoms with Crippen molar-refractivity contribution in [1.29, 1.82) is 0 Å². The van der Waals surface area contributed by atoms with Crippen LogP contribution in [0.15, 0.2) is 53.4 Å². The molecule has 2 atom stereocenters. The number of rotatable bonds is 5. The summed E-state index contributed by atoms with van der Waals surface area (Å²) in [6, 6.07) is 11.9. The van der Waals surface area contributed by atoms with Crippen LogP contribution in [-0.2, 0) is 19.9 Å². The minimum Gasteiger partial charge on any atom is -0.399 e. The Balaban J connectivity index is 1.72. The lowest BCUT2D eigenvalue weighted by molar-refractivity contribution is 0.184. The normalized spacial score (nSPS) is 24.2. The number of sulfonamides is 1. The molecule has 2 fully saturated rings. The van der Waals surface area contributed by atoms with Crippen LogP contribution in [0.5, 0.6) is 0 Å². The molecule has 7 nitrogen and oxygen atoms in total. The van der Waals surface area contributed by atoms with Crippen LogP contribution in [0.1, 0.15) is 43.6 Å². The average molecular weight is 465 g/mol. The van der Waals surface area contributed by atoms with E-state index in [0.717, 1.165) is 22.7 Å². The predicted molar refractivity (Wildman–Crippen MR) is 121 cm³/mol. The summed E-state index contributed by atoms with van der Waals surface area (Å²) in [7, 11) is -7.66. The SMILES string of the molecule is Nc1ccc(N([C@H]2CS(=O)(=O)C[C@@H]2O)S(=O)(=O)c2ccc(C3CCCCC3)cc2)cc1. The van der Waals surface area contributed by atoms with Crippen molar-refractivity contribution in [3.05, 3.63) is 54.1 Å². The second kappa shape index (κ2) is 8.44. The Labute approximate surface area is 183 Å². The van der Waals surface area contributed by atoms with E-state index in [0.29, 0.717) is 11.6 Å². The molecule has 2 aliphatic rings. The molecule has 0 bridgehead atoms. The number of nitrogens with zero attached hydrogens (tertiary/aromatic N) is 1. The molecule has 4 rings (SSSR count). The standard InChI is InChI=1S/C22H28N2O5S2/c23-18-8-10-19(11-9-18)24(21-14-30(26,27)15-22(21)25)31(28,29)20-12-6-17(7-13-20)16-4-2-1-3-5-16/h6-13,16,21-22,25H,1-5,14-15,23H2/t21-,22-/m0/s1. The highest BCUT2D eigenvalue weighted by molar-refractivity contribution is 7.93. The number of nitrogen functional groups attached to an aromatic ring is 1. The highest BCUT2D eigenvalue weighted by atomic mass is 32.2. The summed E-state index contributed by atoms with van der Waals surface area (Å²) in [4.78, 5) is 0.0698. The molecule has 1 saturated carbocycles. The second-order valence-corrected chi connectivity index (χ2v) is 12.5. The number of nitrogens with two attached hydrogens (primary N) is 1. The van der Waals surface area contributed by atoms with E-state index in [2.05, 4.69) is 0 Å². The maximum absolute atomic E-state index is 13.6. The molecule has 2 aromatic rings. The van der Waals surface area contributed by atoms with Crippen molar-refractivity contribution >= 4 is 31.2 Å². The largest absolute Gasteiger partial charge is 0.399 e. The van der Waals surface area contributed by atoms with E-state index in [-0.39, 0.29) is 10.6 Å². The third-order valence-electron chi connectivity index (χ3n) is 6.26. The van der Waals surface area contributed by atoms with Crippen LogP contribution in [0.4, 0.5) is 11.4 Å². The summed E-state index contributed by atoms with van der Waals surface area (Å²) in [5.74, 6) is -0.447. The maximum atomic E-state index is 13.6. The van der Waals surface area contributed by atoms with Gasteiger partial charge in [0.25, 0.3) is 10.0 Å². The molecule has 0 radical (unpaired) electrons. The lowest BCUT2D eigenvalue weighted by Crippen LogP contribution is -2.47. The van der Waals surface area contributed by atoms with Crippen LogP contribution in [0, 0.1) is 0 Å². The first-order valence-corrected chi connectivity index (χ1v) is 13.8. The van der Waals surface area contributed by atoms with E-state index >= 15 is 0 Å². The molecule has 0 aromatic heterocycles. The third kappa shape index (κ3) is 4.58. The number of benzene rings is 2. The molecule has 168 valence electrons. The summed E-state index contributed by atoms with van der Waals surface area (Å²) in [6.07, 6.45) is 4.52. The third-order valence-corrected chi connectivity index (χ3v) is 9.82. The number of aliphatic hydroxyl groups is 1. The number of hydrogen-bond acceptors (Lipinski definition) is 6. The Morgan fingerprint density at radius 3 is 2.06 bits per heavy atom. The van der Waals surface area contributed by atoms with Gasteiger partial charge in [-0.3, -0.25) is 4.31 Å². The highest BCUT2D eigenvalue weighted by Crippen LogP contribution is 2.35. The summed E-state index contributed by atoms with van der Waals surface area (Å²) in [6.45, 7) is 0. The van der Waals surface area contributed by atoms with E-state index in [1.807, 2.05) is 12.1 Å². The predicted octanol–water partition coefficient (Wildman–Crippen LogP) is 2.67. The number of anilines is 2. The van der Waals surface area contributed by atoms with Crippen molar-refractivity contribution in [2.75, 3.05) is 21.5 Å². The Morgan fingerprint density at radius 2 is 1.52 bits per heavy atom. The van der Waals surface area contributed by atoms with Crippen LogP contribution in [0.25, 0.3) is 0 Å². The molecule has 0 spiro atoms. The van der Waals surface area contributed by atoms with Crippen molar-refractivity contribution in [1.82, 2.24) is 0 Å². The molecule has 31 heavy (non-hydrogen) atoms. The molecule has 1 saturated heterocycles. The van der Waals surface area contributed by atoms with Gasteiger partial charge < -0.3 is 10.8 Å². The van der Waals surface area contributed by atoms with Gasteiger partial charge in [-0.15, -0.1) is 0 Å². The van der Waals surface area contributed by atoms with E-state index in [9.17, 15) is 21.9 Å². The fourth-order valence-electron chi connectivity index (χ4n) is 4.63. The summed E-state index contributed by atoms with van der Waals surface area (Å²) >= 11 is 0. The fourth-order valence-corrected chi connectivity index (χ4v) is 8.17. The van der Waals surface area contributed by atoms with E-state index in [1.165, 1.54) is 31.4 Å². The summed E-state index contributed by atoms with van der Waals surface area (Å²) in [5.41, 5.74) is 7.60. The Hall–Kier alpha value is -2.10. The van der Waals surface area contributed by atoms with Gasteiger partial charge in [0.2, 0.25) is 0 Å². The van der Waals surface area contributed by atoms with Crippen molar-refractivity contribution in [3.63, 3.8) is 0 Å². The fraction of sp³-hybridized carbons (Fsp3) is 0.455. The molecule has 0 amide bonds. The van der Waals surface area contributed by atoms with Crippen molar-refractivity contribution in [3.8, 4) is 0 Å². The molecule has 0 unspecified atom stereocenters. The Bertz CT molecular complexity index is 1120. The molecule has 3 N–H and O–H groups in total. The number of hydrogen-bond donors (Lipinski definition) is 2. The van der Waals surface area contributed by atoms with E-state index in [1.54, 1.807) is 24.3 Å². The Kier molecular flexibility index (Phi) is 6.02. The zero-order valence-electron chi connectivity index (χ0n) is 17.2. The first kappa shape index (κ1) is 22.1. The van der Waals surface area contributed by atoms with Gasteiger partial charge in [-0.2, -0.15) is 0 Å². The number of aliphatic hydroxyl groups excluding tert-OH is 1. The maximum Gasteiger partial charge on any atom is 0.264 e. The van der Waals surface area contributed by atoms with Crippen LogP contribution < -0.4 is 10.0 Å². The van der Waals surface area contributed by atoms with E-state index in [4.69, 9.17) is 5.73 Å². The topological polar surface area (TPSA) is 118 Å². The summed E-state index contributed by atoms with van der Waals surface area (Å²) < 4.78 is 52.6. The van der Waals surface area contributed by atoms with Crippen LogP contribution >= 0.6 is 0 Å². The number of sulfone groups is 1. The van der Waals surface area contributed by atoms with Crippen LogP contribution in [0.3, 0.4) is 0 Å². The van der Waals surface area contributed by atoms with Crippen molar-refractivity contribution in [2.24, 2.45) is 0 Å². The van der Waals surface area contributed by atoms with Gasteiger partial charge in [-0.25, -0.2) is 16.8 Å². The first-order chi connectivity index (χ1) is 14.7. The molecule has 9 heteroatoms. The van der Waals surface area contributed by atoms with Crippen LogP contribution in [-0.4, -0.2) is 45.6 Å². The van der Waals surface area contributed by atoms with Gasteiger partial charge in [0.05, 0.1) is 34.2 Å². The quantitative estimate of drug-likeness (QED) is 0.657. The molecular formula is C22H28N2O5S2. The van der Waals surface area contributed by atoms with E-state index < -0.39 is 43.5 Å². The zero-order chi connectivity index (χ0) is 22.2. The highest BCUT2D eigenvalue weighted by Gasteiger charge is 2.45. The van der Waals surface area contributed by atoms with Crippen molar-refractivity contribution in [2.45, 2.75) is 55.1 Å². The van der Waals surface area contributed by atoms with Gasteiger partial charge in [0.1, 0.15) is 0 Å². The first-order valence-electron chi connectivity index (χ1n) is 10.6. The smallest absolute Gasteiger partial charge is 0.264 e. The summed E-state index contributed by atoms with van der Waals surface area (Å²) in [5, 5.41) is 10.4. The Morgan fingerprint density at radius 1 is 0.903 bits per heavy atom. The second-order valence-electron chi connectivity index (χ2n) is 8.51. The monoisotopic (exact) mass is 464 g/mol. The minimum absolute atomic E-state index is 0.0698. The molecule has 1 aliphatic carbocycles. The van der Waals surface area contributed by atoms with Crippen molar-refractivity contribution < 1.29 is 21.9 Å². The van der Waals surface area contributed by atoms with Gasteiger partial charge in [-0.1, -0.05) is 31.4 Å². The molecule has 1 aliphatic heterocycles. The molecule has 2 aromatic carbocycles. The van der Waals surface area contributed by atoms with Crippen LogP contribution in [0.2, 0.25) is 0 Å².